The van der Waals surface area contributed by atoms with Gasteiger partial charge in [-0.15, -0.1) is 0 Å². The molecule has 2 aromatic carbocycles. The molecule has 0 saturated carbocycles. The molecule has 1 aliphatic heterocycles. The summed E-state index contributed by atoms with van der Waals surface area (Å²) in [5.74, 6) is -0.676. The van der Waals surface area contributed by atoms with Crippen LogP contribution in [0, 0.1) is 0 Å². The predicted octanol–water partition coefficient (Wildman–Crippen LogP) is 4.90. The van der Waals surface area contributed by atoms with Gasteiger partial charge in [-0.05, 0) is 41.8 Å². The highest BCUT2D eigenvalue weighted by Crippen LogP contribution is 2.31. The first-order chi connectivity index (χ1) is 11.9. The van der Waals surface area contributed by atoms with Gasteiger partial charge in [-0.2, -0.15) is 0 Å². The van der Waals surface area contributed by atoms with Crippen molar-refractivity contribution in [1.29, 1.82) is 0 Å². The molecule has 0 radical (unpaired) electrons. The Morgan fingerprint density at radius 1 is 0.960 bits per heavy atom. The standard InChI is InChI=1S/C19H16Cl2N2O2/c1-11(2)12-6-8-14(9-7-12)22-17-16(21)18(24)23(19(17)25)15-5-3-4-13(20)10-15/h3-11,22H,1-2H3. The monoisotopic (exact) mass is 374 g/mol. The Morgan fingerprint density at radius 3 is 2.24 bits per heavy atom. The van der Waals surface area contributed by atoms with Crippen LogP contribution in [0.1, 0.15) is 25.3 Å². The van der Waals surface area contributed by atoms with Crippen molar-refractivity contribution in [3.05, 3.63) is 69.8 Å². The van der Waals surface area contributed by atoms with Crippen LogP contribution in [0.4, 0.5) is 11.4 Å². The number of benzene rings is 2. The molecule has 25 heavy (non-hydrogen) atoms. The van der Waals surface area contributed by atoms with Gasteiger partial charge in [0.05, 0.1) is 5.69 Å². The summed E-state index contributed by atoms with van der Waals surface area (Å²) in [5, 5.41) is 3.24. The average molecular weight is 375 g/mol. The van der Waals surface area contributed by atoms with Crippen LogP contribution in [0.15, 0.2) is 59.3 Å². The van der Waals surface area contributed by atoms with Gasteiger partial charge in [0.2, 0.25) is 0 Å². The number of imide groups is 1. The highest BCUT2D eigenvalue weighted by Gasteiger charge is 2.39. The zero-order valence-electron chi connectivity index (χ0n) is 13.7. The molecule has 4 nitrogen and oxygen atoms in total. The second-order valence-electron chi connectivity index (χ2n) is 6.02. The lowest BCUT2D eigenvalue weighted by molar-refractivity contribution is -0.120. The Kier molecular flexibility index (Phi) is 4.84. The molecule has 0 bridgehead atoms. The van der Waals surface area contributed by atoms with Crippen LogP contribution in [-0.4, -0.2) is 11.8 Å². The topological polar surface area (TPSA) is 49.4 Å². The fraction of sp³-hybridized carbons (Fsp3) is 0.158. The zero-order valence-corrected chi connectivity index (χ0v) is 15.2. The molecular weight excluding hydrogens is 359 g/mol. The van der Waals surface area contributed by atoms with E-state index in [9.17, 15) is 9.59 Å². The van der Waals surface area contributed by atoms with Crippen LogP contribution in [0.25, 0.3) is 0 Å². The van der Waals surface area contributed by atoms with E-state index >= 15 is 0 Å². The third kappa shape index (κ3) is 3.41. The molecule has 1 heterocycles. The van der Waals surface area contributed by atoms with E-state index in [1.165, 1.54) is 5.56 Å². The number of carbonyl (C=O) groups is 2. The summed E-state index contributed by atoms with van der Waals surface area (Å²) in [7, 11) is 0. The largest absolute Gasteiger partial charge is 0.350 e. The molecule has 0 saturated heterocycles. The highest BCUT2D eigenvalue weighted by molar-refractivity contribution is 6.53. The molecule has 0 aromatic heterocycles. The van der Waals surface area contributed by atoms with E-state index in [0.29, 0.717) is 22.3 Å². The van der Waals surface area contributed by atoms with Gasteiger partial charge in [0.1, 0.15) is 10.7 Å². The SMILES string of the molecule is CC(C)c1ccc(NC2=C(Cl)C(=O)N(c3cccc(Cl)c3)C2=O)cc1. The Morgan fingerprint density at radius 2 is 1.64 bits per heavy atom. The Labute approximate surface area is 156 Å². The van der Waals surface area contributed by atoms with Crippen molar-refractivity contribution < 1.29 is 9.59 Å². The fourth-order valence-electron chi connectivity index (χ4n) is 2.56. The highest BCUT2D eigenvalue weighted by atomic mass is 35.5. The lowest BCUT2D eigenvalue weighted by atomic mass is 10.0. The van der Waals surface area contributed by atoms with Crippen LogP contribution in [0.3, 0.4) is 0 Å². The minimum absolute atomic E-state index is 0.0592. The molecule has 1 N–H and O–H groups in total. The Hall–Kier alpha value is -2.30. The van der Waals surface area contributed by atoms with E-state index in [4.69, 9.17) is 23.2 Å². The number of anilines is 2. The number of amides is 2. The summed E-state index contributed by atoms with van der Waals surface area (Å²) in [5.41, 5.74) is 2.31. The number of rotatable bonds is 4. The molecular formula is C19H16Cl2N2O2. The van der Waals surface area contributed by atoms with Crippen LogP contribution in [-0.2, 0) is 9.59 Å². The Balaban J connectivity index is 1.87. The summed E-state index contributed by atoms with van der Waals surface area (Å²) in [6, 6.07) is 14.2. The van der Waals surface area contributed by atoms with Gasteiger partial charge in [-0.1, -0.05) is 55.2 Å². The number of hydrogen-bond acceptors (Lipinski definition) is 3. The van der Waals surface area contributed by atoms with Crippen LogP contribution < -0.4 is 10.2 Å². The van der Waals surface area contributed by atoms with E-state index in [2.05, 4.69) is 19.2 Å². The van der Waals surface area contributed by atoms with E-state index < -0.39 is 11.8 Å². The molecule has 2 amide bonds. The zero-order chi connectivity index (χ0) is 18.1. The van der Waals surface area contributed by atoms with Gasteiger partial charge in [0.25, 0.3) is 11.8 Å². The van der Waals surface area contributed by atoms with Crippen molar-refractivity contribution in [3.63, 3.8) is 0 Å². The molecule has 0 fully saturated rings. The lowest BCUT2D eigenvalue weighted by Crippen LogP contribution is -2.32. The van der Waals surface area contributed by atoms with Gasteiger partial charge in [-0.25, -0.2) is 4.90 Å². The fourth-order valence-corrected chi connectivity index (χ4v) is 2.95. The summed E-state index contributed by atoms with van der Waals surface area (Å²) in [6.07, 6.45) is 0. The van der Waals surface area contributed by atoms with Crippen molar-refractivity contribution in [1.82, 2.24) is 0 Å². The second kappa shape index (κ2) is 6.90. The van der Waals surface area contributed by atoms with Crippen molar-refractivity contribution in [2.45, 2.75) is 19.8 Å². The maximum Gasteiger partial charge on any atom is 0.283 e. The summed E-state index contributed by atoms with van der Waals surface area (Å²) >= 11 is 12.1. The van der Waals surface area contributed by atoms with Crippen LogP contribution in [0.2, 0.25) is 5.02 Å². The van der Waals surface area contributed by atoms with E-state index in [-0.39, 0.29) is 10.7 Å². The normalized spacial score (nSPS) is 14.7. The summed E-state index contributed by atoms with van der Waals surface area (Å²) in [6.45, 7) is 4.20. The van der Waals surface area contributed by atoms with E-state index in [0.717, 1.165) is 4.90 Å². The number of halogens is 2. The minimum Gasteiger partial charge on any atom is -0.350 e. The van der Waals surface area contributed by atoms with Gasteiger partial charge in [-0.3, -0.25) is 9.59 Å². The van der Waals surface area contributed by atoms with Gasteiger partial charge in [0.15, 0.2) is 0 Å². The van der Waals surface area contributed by atoms with Crippen LogP contribution in [0.5, 0.6) is 0 Å². The van der Waals surface area contributed by atoms with Gasteiger partial charge >= 0.3 is 0 Å². The predicted molar refractivity (Wildman–Crippen MR) is 101 cm³/mol. The first-order valence-corrected chi connectivity index (χ1v) is 8.55. The first kappa shape index (κ1) is 17.5. The smallest absolute Gasteiger partial charge is 0.283 e. The molecule has 128 valence electrons. The van der Waals surface area contributed by atoms with Crippen molar-refractivity contribution in [2.75, 3.05) is 10.2 Å². The molecule has 2 aromatic rings. The van der Waals surface area contributed by atoms with Gasteiger partial charge < -0.3 is 5.32 Å². The second-order valence-corrected chi connectivity index (χ2v) is 6.83. The van der Waals surface area contributed by atoms with E-state index in [1.54, 1.807) is 24.3 Å². The maximum absolute atomic E-state index is 12.7. The Bertz CT molecular complexity index is 873. The van der Waals surface area contributed by atoms with Crippen molar-refractivity contribution >= 4 is 46.4 Å². The summed E-state index contributed by atoms with van der Waals surface area (Å²) in [4.78, 5) is 26.1. The van der Waals surface area contributed by atoms with Crippen LogP contribution >= 0.6 is 23.2 Å². The van der Waals surface area contributed by atoms with E-state index in [1.807, 2.05) is 24.3 Å². The molecule has 6 heteroatoms. The molecule has 1 aliphatic rings. The third-order valence-corrected chi connectivity index (χ3v) is 4.53. The lowest BCUT2D eigenvalue weighted by Gasteiger charge is -2.15. The number of nitrogens with zero attached hydrogens (tertiary/aromatic N) is 1. The molecule has 0 unspecified atom stereocenters. The maximum atomic E-state index is 12.7. The molecule has 0 aliphatic carbocycles. The average Bonchev–Trinajstić information content (AvgIpc) is 2.79. The quantitative estimate of drug-likeness (QED) is 0.774. The minimum atomic E-state index is -0.574. The van der Waals surface area contributed by atoms with Gasteiger partial charge in [0, 0.05) is 10.7 Å². The van der Waals surface area contributed by atoms with Crippen molar-refractivity contribution in [2.24, 2.45) is 0 Å². The summed E-state index contributed by atoms with van der Waals surface area (Å²) < 4.78 is 0. The number of carbonyl (C=O) groups excluding carboxylic acids is 2. The molecule has 3 rings (SSSR count). The number of hydrogen-bond donors (Lipinski definition) is 1. The molecule has 0 spiro atoms. The number of nitrogens with one attached hydrogen (secondary N) is 1. The van der Waals surface area contributed by atoms with Crippen molar-refractivity contribution in [3.8, 4) is 0 Å². The third-order valence-electron chi connectivity index (χ3n) is 3.94. The first-order valence-electron chi connectivity index (χ1n) is 7.79. The molecule has 0 atom stereocenters.